The number of carbonyl (C=O) groups is 2. The van der Waals surface area contributed by atoms with Gasteiger partial charge in [0.25, 0.3) is 0 Å². The van der Waals surface area contributed by atoms with Gasteiger partial charge >= 0.3 is 6.03 Å². The van der Waals surface area contributed by atoms with E-state index in [2.05, 4.69) is 33.7 Å². The van der Waals surface area contributed by atoms with Gasteiger partial charge in [0.1, 0.15) is 6.04 Å². The average molecular weight is 429 g/mol. The van der Waals surface area contributed by atoms with Gasteiger partial charge in [-0.25, -0.2) is 4.79 Å². The number of nitrogens with zero attached hydrogens (tertiary/aromatic N) is 4. The zero-order chi connectivity index (χ0) is 22.0. The molecule has 4 atom stereocenters. The van der Waals surface area contributed by atoms with Crippen molar-refractivity contribution in [1.82, 2.24) is 20.4 Å². The lowest BCUT2D eigenvalue weighted by Crippen LogP contribution is -2.51. The Labute approximate surface area is 187 Å². The summed E-state index contributed by atoms with van der Waals surface area (Å²) in [5.74, 6) is 0.373. The first-order chi connectivity index (χ1) is 14.9. The number of rotatable bonds is 5. The number of amides is 3. The van der Waals surface area contributed by atoms with E-state index in [1.165, 1.54) is 0 Å². The molecule has 1 unspecified atom stereocenters. The third kappa shape index (κ3) is 4.77. The van der Waals surface area contributed by atoms with Gasteiger partial charge in [0, 0.05) is 61.3 Å². The van der Waals surface area contributed by atoms with Crippen molar-refractivity contribution in [1.29, 1.82) is 5.26 Å². The van der Waals surface area contributed by atoms with E-state index in [0.717, 1.165) is 43.6 Å². The van der Waals surface area contributed by atoms with E-state index in [4.69, 9.17) is 0 Å². The minimum Gasteiger partial charge on any atom is -0.368 e. The van der Waals surface area contributed by atoms with E-state index in [1.54, 1.807) is 19.0 Å². The largest absolute Gasteiger partial charge is 0.368 e. The number of carbonyl (C=O) groups excluding carboxylic acids is 2. The van der Waals surface area contributed by atoms with Gasteiger partial charge in [-0.2, -0.15) is 5.26 Å². The Morgan fingerprint density at radius 1 is 1.23 bits per heavy atom. The highest BCUT2D eigenvalue weighted by atomic mass is 16.2. The number of piperidine rings is 1. The Hall–Kier alpha value is -2.79. The van der Waals surface area contributed by atoms with Crippen LogP contribution in [0.1, 0.15) is 27.7 Å². The molecule has 8 heteroatoms. The summed E-state index contributed by atoms with van der Waals surface area (Å²) in [5, 5.41) is 15.9. The summed E-state index contributed by atoms with van der Waals surface area (Å²) in [6, 6.07) is 10.3. The fraction of sp³-hybridized carbons (Fsp3) is 0.609. The highest BCUT2D eigenvalue weighted by Gasteiger charge is 2.43. The van der Waals surface area contributed by atoms with E-state index in [1.807, 2.05) is 17.0 Å². The number of fused-ring (bicyclic) bond motifs is 2. The monoisotopic (exact) mass is 428 g/mol. The number of nitriles is 1. The lowest BCUT2D eigenvalue weighted by molar-refractivity contribution is -0.124. The SMILES string of the molecule is CN(C)C(=O)N1CCN(c2ccc(C[C@@H](C#N)NC(=O)[C@H]3NC4CC[C@H]3C4)cc2)CC1.[HH].[HH]. The molecule has 2 N–H and O–H groups in total. The van der Waals surface area contributed by atoms with Crippen LogP contribution in [0, 0.1) is 17.2 Å². The first-order valence-corrected chi connectivity index (χ1v) is 11.2. The third-order valence-electron chi connectivity index (χ3n) is 6.79. The molecule has 0 aromatic heterocycles. The fourth-order valence-electron chi connectivity index (χ4n) is 5.06. The van der Waals surface area contributed by atoms with Crippen molar-refractivity contribution in [2.75, 3.05) is 45.2 Å². The molecule has 1 saturated carbocycles. The number of anilines is 1. The number of hydrogen-bond donors (Lipinski definition) is 2. The first kappa shape index (κ1) is 21.4. The van der Waals surface area contributed by atoms with Crippen LogP contribution in [-0.2, 0) is 11.2 Å². The Kier molecular flexibility index (Phi) is 6.33. The van der Waals surface area contributed by atoms with E-state index in [-0.39, 0.29) is 20.8 Å². The zero-order valence-electron chi connectivity index (χ0n) is 18.4. The molecule has 3 fully saturated rings. The van der Waals surface area contributed by atoms with Crippen molar-refractivity contribution < 1.29 is 12.4 Å². The molecule has 2 aliphatic heterocycles. The summed E-state index contributed by atoms with van der Waals surface area (Å²) in [4.78, 5) is 30.5. The van der Waals surface area contributed by atoms with Crippen LogP contribution in [0.3, 0.4) is 0 Å². The topological polar surface area (TPSA) is 91.7 Å². The molecule has 4 rings (SSSR count). The molecule has 3 amide bonds. The molecule has 31 heavy (non-hydrogen) atoms. The smallest absolute Gasteiger partial charge is 0.319 e. The van der Waals surface area contributed by atoms with Gasteiger partial charge in [-0.05, 0) is 42.9 Å². The highest BCUT2D eigenvalue weighted by molar-refractivity contribution is 5.83. The molecule has 3 aliphatic rings. The van der Waals surface area contributed by atoms with Crippen LogP contribution in [0.25, 0.3) is 0 Å². The maximum atomic E-state index is 12.6. The van der Waals surface area contributed by atoms with Crippen LogP contribution in [0.2, 0.25) is 0 Å². The number of urea groups is 1. The zero-order valence-corrected chi connectivity index (χ0v) is 18.4. The minimum atomic E-state index is -0.528. The summed E-state index contributed by atoms with van der Waals surface area (Å²) in [6.45, 7) is 3.01. The molecular weight excluding hydrogens is 392 g/mol. The second-order valence-electron chi connectivity index (χ2n) is 9.13. The second kappa shape index (κ2) is 9.15. The predicted octanol–water partition coefficient (Wildman–Crippen LogP) is 1.67. The summed E-state index contributed by atoms with van der Waals surface area (Å²) in [6.07, 6.45) is 3.83. The lowest BCUT2D eigenvalue weighted by atomic mass is 9.98. The van der Waals surface area contributed by atoms with Gasteiger partial charge < -0.3 is 25.3 Å². The van der Waals surface area contributed by atoms with Gasteiger partial charge in [0.05, 0.1) is 12.1 Å². The minimum absolute atomic E-state index is 0. The van der Waals surface area contributed by atoms with Crippen molar-refractivity contribution >= 4 is 17.6 Å². The first-order valence-electron chi connectivity index (χ1n) is 11.2. The Morgan fingerprint density at radius 3 is 2.48 bits per heavy atom. The Morgan fingerprint density at radius 2 is 1.94 bits per heavy atom. The number of hydrogen-bond acceptors (Lipinski definition) is 5. The summed E-state index contributed by atoms with van der Waals surface area (Å²) in [5.41, 5.74) is 2.14. The quantitative estimate of drug-likeness (QED) is 0.744. The van der Waals surface area contributed by atoms with Gasteiger partial charge in [-0.15, -0.1) is 0 Å². The van der Waals surface area contributed by atoms with Crippen molar-refractivity contribution in [3.63, 3.8) is 0 Å². The van der Waals surface area contributed by atoms with Crippen LogP contribution in [-0.4, -0.2) is 80.1 Å². The van der Waals surface area contributed by atoms with Crippen molar-refractivity contribution in [2.45, 2.75) is 43.8 Å². The number of nitrogens with one attached hydrogen (secondary N) is 2. The molecule has 170 valence electrons. The van der Waals surface area contributed by atoms with Gasteiger partial charge in [-0.3, -0.25) is 4.79 Å². The molecule has 8 nitrogen and oxygen atoms in total. The molecule has 0 radical (unpaired) electrons. The highest BCUT2D eigenvalue weighted by Crippen LogP contribution is 2.35. The normalized spacial score (nSPS) is 25.8. The molecule has 2 saturated heterocycles. The molecule has 1 aromatic rings. The standard InChI is InChI=1S/C23H32N6O2.2H2/c1-27(2)23(31)29-11-9-28(10-12-29)20-7-3-16(4-8-20)13-19(15-24)26-22(30)21-17-5-6-18(14-17)25-21;;/h3-4,7-8,17-19,21,25H,5-6,9-14H2,1-2H3,(H,26,30);2*1H/t17-,18?,19-,21-;;/m0../s1. The summed E-state index contributed by atoms with van der Waals surface area (Å²) < 4.78 is 0. The number of piperazine rings is 1. The van der Waals surface area contributed by atoms with E-state index in [9.17, 15) is 14.9 Å². The fourth-order valence-corrected chi connectivity index (χ4v) is 5.06. The Balaban J connectivity index is 0.00000193. The maximum absolute atomic E-state index is 12.6. The molecule has 2 bridgehead atoms. The van der Waals surface area contributed by atoms with E-state index >= 15 is 0 Å². The van der Waals surface area contributed by atoms with Crippen molar-refractivity contribution in [3.05, 3.63) is 29.8 Å². The van der Waals surface area contributed by atoms with Crippen LogP contribution in [0.15, 0.2) is 24.3 Å². The van der Waals surface area contributed by atoms with Gasteiger partial charge in [0.15, 0.2) is 0 Å². The molecule has 0 spiro atoms. The van der Waals surface area contributed by atoms with Gasteiger partial charge in [0.2, 0.25) is 5.91 Å². The van der Waals surface area contributed by atoms with Crippen LogP contribution >= 0.6 is 0 Å². The number of benzene rings is 1. The van der Waals surface area contributed by atoms with Crippen LogP contribution in [0.4, 0.5) is 10.5 Å². The molecular formula is C23H36N6O2. The third-order valence-corrected chi connectivity index (χ3v) is 6.79. The summed E-state index contributed by atoms with van der Waals surface area (Å²) >= 11 is 0. The summed E-state index contributed by atoms with van der Waals surface area (Å²) in [7, 11) is 3.55. The van der Waals surface area contributed by atoms with E-state index in [0.29, 0.717) is 31.5 Å². The van der Waals surface area contributed by atoms with Crippen LogP contribution < -0.4 is 15.5 Å². The maximum Gasteiger partial charge on any atom is 0.319 e. The van der Waals surface area contributed by atoms with Crippen molar-refractivity contribution in [2.24, 2.45) is 5.92 Å². The molecule has 1 aromatic carbocycles. The second-order valence-corrected chi connectivity index (χ2v) is 9.13. The molecule has 1 aliphatic carbocycles. The Bertz CT molecular complexity index is 852. The van der Waals surface area contributed by atoms with Crippen LogP contribution in [0.5, 0.6) is 0 Å². The lowest BCUT2D eigenvalue weighted by Gasteiger charge is -2.37. The van der Waals surface area contributed by atoms with E-state index < -0.39 is 6.04 Å². The van der Waals surface area contributed by atoms with Gasteiger partial charge in [-0.1, -0.05) is 12.1 Å². The predicted molar refractivity (Wildman–Crippen MR) is 123 cm³/mol. The average Bonchev–Trinajstić information content (AvgIpc) is 3.42. The molecule has 2 heterocycles. The van der Waals surface area contributed by atoms with Crippen molar-refractivity contribution in [3.8, 4) is 6.07 Å².